The van der Waals surface area contributed by atoms with E-state index in [0.29, 0.717) is 19.3 Å². The highest BCUT2D eigenvalue weighted by atomic mass is 16.7. The van der Waals surface area contributed by atoms with Gasteiger partial charge < -0.3 is 39.0 Å². The van der Waals surface area contributed by atoms with Gasteiger partial charge in [-0.05, 0) is 122 Å². The molecule has 1 aliphatic heterocycles. The first-order valence-electron chi connectivity index (χ1n) is 32.2. The van der Waals surface area contributed by atoms with Gasteiger partial charge in [0.1, 0.15) is 18.8 Å². The minimum absolute atomic E-state index is 0.0265. The second-order valence-electron chi connectivity index (χ2n) is 21.7. The van der Waals surface area contributed by atoms with Crippen molar-refractivity contribution in [3.05, 3.63) is 97.2 Å². The van der Waals surface area contributed by atoms with Gasteiger partial charge in [0.15, 0.2) is 24.6 Å². The van der Waals surface area contributed by atoms with Gasteiger partial charge in [0, 0.05) is 19.3 Å². The monoisotopic (exact) mass is 1130 g/mol. The number of hydrogen-bond donors (Lipinski definition) is 3. The maximum Gasteiger partial charge on any atom is 0.335 e. The Hall–Kier alpha value is -4.36. The molecule has 1 heterocycles. The Morgan fingerprint density at radius 3 is 1.22 bits per heavy atom. The number of aliphatic carboxylic acids is 1. The Morgan fingerprint density at radius 1 is 0.420 bits per heavy atom. The molecule has 0 aliphatic carbocycles. The average molecular weight is 1140 g/mol. The van der Waals surface area contributed by atoms with Gasteiger partial charge in [0.05, 0.1) is 6.61 Å². The van der Waals surface area contributed by atoms with Crippen LogP contribution in [0, 0.1) is 0 Å². The fourth-order valence-electron chi connectivity index (χ4n) is 9.18. The normalized spacial score (nSPS) is 18.4. The molecule has 12 nitrogen and oxygen atoms in total. The van der Waals surface area contributed by atoms with Gasteiger partial charge in [-0.2, -0.15) is 0 Å². The predicted molar refractivity (Wildman–Crippen MR) is 331 cm³/mol. The number of rotatable bonds is 54. The van der Waals surface area contributed by atoms with Crippen LogP contribution in [0.4, 0.5) is 0 Å². The van der Waals surface area contributed by atoms with Crippen molar-refractivity contribution in [2.75, 3.05) is 13.2 Å². The van der Waals surface area contributed by atoms with E-state index in [-0.39, 0.29) is 25.9 Å². The summed E-state index contributed by atoms with van der Waals surface area (Å²) in [7, 11) is 0. The van der Waals surface area contributed by atoms with E-state index in [0.717, 1.165) is 141 Å². The third-order valence-corrected chi connectivity index (χ3v) is 14.1. The van der Waals surface area contributed by atoms with Crippen LogP contribution in [0.2, 0.25) is 0 Å². The molecule has 12 heteroatoms. The summed E-state index contributed by atoms with van der Waals surface area (Å²) in [6, 6.07) is 0. The summed E-state index contributed by atoms with van der Waals surface area (Å²) in [5, 5.41) is 31.6. The van der Waals surface area contributed by atoms with Gasteiger partial charge >= 0.3 is 23.9 Å². The van der Waals surface area contributed by atoms with Crippen LogP contribution in [0.1, 0.15) is 265 Å². The van der Waals surface area contributed by atoms with E-state index in [1.54, 1.807) is 0 Å². The van der Waals surface area contributed by atoms with Crippen molar-refractivity contribution in [1.29, 1.82) is 0 Å². The average Bonchev–Trinajstić information content (AvgIpc) is 3.53. The largest absolute Gasteiger partial charge is 0.479 e. The van der Waals surface area contributed by atoms with Crippen molar-refractivity contribution < 1.29 is 58.2 Å². The third kappa shape index (κ3) is 45.8. The van der Waals surface area contributed by atoms with Gasteiger partial charge in [0.25, 0.3) is 0 Å². The highest BCUT2D eigenvalue weighted by Crippen LogP contribution is 2.26. The molecule has 0 aromatic heterocycles. The molecule has 0 saturated carbocycles. The van der Waals surface area contributed by atoms with E-state index in [2.05, 4.69) is 118 Å². The lowest BCUT2D eigenvalue weighted by Gasteiger charge is -2.40. The van der Waals surface area contributed by atoms with E-state index in [1.807, 2.05) is 0 Å². The van der Waals surface area contributed by atoms with Crippen LogP contribution in [0.5, 0.6) is 0 Å². The van der Waals surface area contributed by atoms with Crippen LogP contribution >= 0.6 is 0 Å². The van der Waals surface area contributed by atoms with Crippen molar-refractivity contribution in [3.63, 3.8) is 0 Å². The molecule has 0 aromatic carbocycles. The highest BCUT2D eigenvalue weighted by molar-refractivity contribution is 5.74. The standard InChI is InChI=1S/C69H114O12/c1-4-7-10-13-16-19-22-25-28-30-31-33-35-37-40-43-46-49-52-55-61(70)77-58-60(79-62(71)56-53-50-47-44-41-38-34-27-24-21-18-15-12-9-6-3)59-78-69-67(65(74)64(73)66(81-69)68(75)76)80-63(72)57-54-51-48-45-42-39-36-32-29-26-23-20-17-14-11-8-5-2/h8,11,16-17,19-20,25-29,31,33-34,36,39,60,64-67,69,73-74H,4-7,9-10,12-15,18,21-24,30,32,35,37-38,40-59H2,1-3H3,(H,75,76)/b11-8-,19-16-,20-17-,28-25-,29-26-,33-31-,34-27-,39-36-. The molecule has 6 unspecified atom stereocenters. The van der Waals surface area contributed by atoms with E-state index in [1.165, 1.54) is 64.2 Å². The Morgan fingerprint density at radius 2 is 0.778 bits per heavy atom. The van der Waals surface area contributed by atoms with E-state index in [9.17, 15) is 34.5 Å². The molecule has 0 radical (unpaired) electrons. The second-order valence-corrected chi connectivity index (χ2v) is 21.7. The fourth-order valence-corrected chi connectivity index (χ4v) is 9.18. The lowest BCUT2D eigenvalue weighted by Crippen LogP contribution is -2.61. The molecule has 1 fully saturated rings. The molecule has 0 spiro atoms. The number of aliphatic hydroxyl groups excluding tert-OH is 2. The zero-order valence-electron chi connectivity index (χ0n) is 51.0. The second kappa shape index (κ2) is 56.1. The molecule has 3 N–H and O–H groups in total. The van der Waals surface area contributed by atoms with E-state index < -0.39 is 67.3 Å². The molecule has 462 valence electrons. The Bertz CT molecular complexity index is 1780. The molecule has 0 amide bonds. The zero-order valence-corrected chi connectivity index (χ0v) is 51.0. The van der Waals surface area contributed by atoms with Crippen LogP contribution in [-0.2, 0) is 42.9 Å². The molecule has 0 bridgehead atoms. The first-order chi connectivity index (χ1) is 39.6. The van der Waals surface area contributed by atoms with Crippen molar-refractivity contribution in [2.45, 2.75) is 302 Å². The number of hydrogen-bond acceptors (Lipinski definition) is 11. The minimum Gasteiger partial charge on any atom is -0.479 e. The summed E-state index contributed by atoms with van der Waals surface area (Å²) in [6.45, 7) is 5.84. The lowest BCUT2D eigenvalue weighted by atomic mass is 9.98. The summed E-state index contributed by atoms with van der Waals surface area (Å²) in [5.74, 6) is -3.18. The van der Waals surface area contributed by atoms with Gasteiger partial charge in [-0.1, -0.05) is 221 Å². The Balaban J connectivity index is 2.69. The van der Waals surface area contributed by atoms with Crippen LogP contribution in [-0.4, -0.2) is 89.2 Å². The summed E-state index contributed by atoms with van der Waals surface area (Å²) < 4.78 is 28.5. The maximum absolute atomic E-state index is 13.2. The summed E-state index contributed by atoms with van der Waals surface area (Å²) in [6.07, 6.45) is 62.1. The molecular weight excluding hydrogens is 1020 g/mol. The zero-order chi connectivity index (χ0) is 58.9. The summed E-state index contributed by atoms with van der Waals surface area (Å²) >= 11 is 0. The number of carboxylic acids is 1. The van der Waals surface area contributed by atoms with Gasteiger partial charge in [0.2, 0.25) is 0 Å². The fraction of sp³-hybridized carbons (Fsp3) is 0.710. The maximum atomic E-state index is 13.2. The Kier molecular flexibility index (Phi) is 51.7. The number of ether oxygens (including phenoxy) is 5. The van der Waals surface area contributed by atoms with Crippen molar-refractivity contribution in [1.82, 2.24) is 0 Å². The molecule has 1 aliphatic rings. The van der Waals surface area contributed by atoms with Crippen molar-refractivity contribution >= 4 is 23.9 Å². The molecule has 0 aromatic rings. The third-order valence-electron chi connectivity index (χ3n) is 14.1. The molecule has 6 atom stereocenters. The van der Waals surface area contributed by atoms with Gasteiger partial charge in [-0.25, -0.2) is 4.79 Å². The number of allylic oxidation sites excluding steroid dienone is 16. The molecule has 1 rings (SSSR count). The minimum atomic E-state index is -1.92. The highest BCUT2D eigenvalue weighted by Gasteiger charge is 2.50. The van der Waals surface area contributed by atoms with E-state index >= 15 is 0 Å². The molecule has 81 heavy (non-hydrogen) atoms. The van der Waals surface area contributed by atoms with Crippen molar-refractivity contribution in [3.8, 4) is 0 Å². The summed E-state index contributed by atoms with van der Waals surface area (Å²) in [4.78, 5) is 51.3. The predicted octanol–water partition coefficient (Wildman–Crippen LogP) is 17.2. The Labute approximate surface area is 492 Å². The lowest BCUT2D eigenvalue weighted by molar-refractivity contribution is -0.301. The number of carbonyl (C=O) groups excluding carboxylic acids is 3. The van der Waals surface area contributed by atoms with Crippen LogP contribution in [0.3, 0.4) is 0 Å². The SMILES string of the molecule is CC/C=C\C/C=C\C/C=C\C/C=C\CCCCCCC(=O)OC1C(OCC(COC(=O)CCCCCCCC/C=C\C/C=C\C/C=C\CCCCC)OC(=O)CCCCCCC/C=C\CCCCCCCC)OC(C(=O)O)C(O)C1O. The summed E-state index contributed by atoms with van der Waals surface area (Å²) in [5.41, 5.74) is 0. The van der Waals surface area contributed by atoms with Crippen LogP contribution < -0.4 is 0 Å². The quantitative estimate of drug-likeness (QED) is 0.0228. The first-order valence-corrected chi connectivity index (χ1v) is 32.2. The van der Waals surface area contributed by atoms with E-state index in [4.69, 9.17) is 23.7 Å². The molecule has 1 saturated heterocycles. The first kappa shape index (κ1) is 74.7. The van der Waals surface area contributed by atoms with Gasteiger partial charge in [-0.15, -0.1) is 0 Å². The number of esters is 3. The topological polar surface area (TPSA) is 175 Å². The number of carboxylic acid groups (broad SMARTS) is 1. The molecular formula is C69H114O12. The van der Waals surface area contributed by atoms with Gasteiger partial charge in [-0.3, -0.25) is 14.4 Å². The van der Waals surface area contributed by atoms with Crippen LogP contribution in [0.25, 0.3) is 0 Å². The number of aliphatic hydroxyl groups is 2. The number of unbranched alkanes of at least 4 members (excludes halogenated alkanes) is 24. The smallest absolute Gasteiger partial charge is 0.335 e. The number of carbonyl (C=O) groups is 4. The van der Waals surface area contributed by atoms with Crippen molar-refractivity contribution in [2.24, 2.45) is 0 Å². The van der Waals surface area contributed by atoms with Crippen LogP contribution in [0.15, 0.2) is 97.2 Å².